The van der Waals surface area contributed by atoms with E-state index in [-0.39, 0.29) is 0 Å². The van der Waals surface area contributed by atoms with Gasteiger partial charge in [-0.3, -0.25) is 4.68 Å². The second kappa shape index (κ2) is 7.92. The van der Waals surface area contributed by atoms with Crippen molar-refractivity contribution in [2.24, 2.45) is 0 Å². The number of rotatable bonds is 7. The van der Waals surface area contributed by atoms with Crippen LogP contribution in [0.5, 0.6) is 0 Å². The van der Waals surface area contributed by atoms with Gasteiger partial charge < -0.3 is 15.2 Å². The molecule has 0 fully saturated rings. The van der Waals surface area contributed by atoms with Crippen LogP contribution in [0.4, 0.5) is 4.79 Å². The lowest BCUT2D eigenvalue weighted by atomic mass is 10.2. The number of carbonyl (C=O) groups is 2. The molecule has 8 heteroatoms. The largest absolute Gasteiger partial charge is 0.480 e. The molecule has 1 aromatic heterocycles. The summed E-state index contributed by atoms with van der Waals surface area (Å²) < 4.78 is 6.80. The molecule has 1 atom stereocenters. The van der Waals surface area contributed by atoms with Crippen molar-refractivity contribution in [3.63, 3.8) is 0 Å². The Morgan fingerprint density at radius 3 is 2.71 bits per heavy atom. The summed E-state index contributed by atoms with van der Waals surface area (Å²) in [7, 11) is 0. The molecule has 0 aliphatic heterocycles. The predicted octanol–water partition coefficient (Wildman–Crippen LogP) is 1.94. The molecular formula is C13H21N3O4S. The number of thioether (sulfide) groups is 1. The van der Waals surface area contributed by atoms with Crippen molar-refractivity contribution in [1.82, 2.24) is 15.1 Å². The Labute approximate surface area is 128 Å². The van der Waals surface area contributed by atoms with E-state index in [1.54, 1.807) is 43.4 Å². The maximum atomic E-state index is 11.6. The summed E-state index contributed by atoms with van der Waals surface area (Å²) >= 11 is 1.54. The molecule has 21 heavy (non-hydrogen) atoms. The highest BCUT2D eigenvalue weighted by Gasteiger charge is 2.23. The molecule has 0 radical (unpaired) electrons. The molecular weight excluding hydrogens is 294 g/mol. The van der Waals surface area contributed by atoms with E-state index >= 15 is 0 Å². The van der Waals surface area contributed by atoms with Gasteiger partial charge in [0.1, 0.15) is 11.6 Å². The van der Waals surface area contributed by atoms with Crippen LogP contribution in [0.2, 0.25) is 0 Å². The number of hydrogen-bond acceptors (Lipinski definition) is 5. The van der Waals surface area contributed by atoms with Gasteiger partial charge in [-0.05, 0) is 39.0 Å². The van der Waals surface area contributed by atoms with Crippen LogP contribution in [-0.2, 0) is 15.4 Å². The third-order valence-electron chi connectivity index (χ3n) is 2.32. The Hall–Kier alpha value is -1.70. The monoisotopic (exact) mass is 315 g/mol. The van der Waals surface area contributed by atoms with Crippen molar-refractivity contribution >= 4 is 23.8 Å². The van der Waals surface area contributed by atoms with Crippen LogP contribution < -0.4 is 5.32 Å². The van der Waals surface area contributed by atoms with E-state index in [1.165, 1.54) is 0 Å². The zero-order valence-corrected chi connectivity index (χ0v) is 13.2. The first-order chi connectivity index (χ1) is 9.78. The molecule has 0 saturated carbocycles. The topological polar surface area (TPSA) is 93.5 Å². The highest BCUT2D eigenvalue weighted by atomic mass is 32.2. The second-order valence-electron chi connectivity index (χ2n) is 5.41. The zero-order valence-electron chi connectivity index (χ0n) is 12.4. The summed E-state index contributed by atoms with van der Waals surface area (Å²) in [5.41, 5.74) is -0.651. The van der Waals surface area contributed by atoms with Crippen molar-refractivity contribution in [3.8, 4) is 0 Å². The highest BCUT2D eigenvalue weighted by Crippen LogP contribution is 2.10. The van der Waals surface area contributed by atoms with Gasteiger partial charge in [-0.2, -0.15) is 5.10 Å². The third-order valence-corrected chi connectivity index (χ3v) is 3.29. The van der Waals surface area contributed by atoms with E-state index in [9.17, 15) is 9.59 Å². The summed E-state index contributed by atoms with van der Waals surface area (Å²) in [5, 5.41) is 15.5. The van der Waals surface area contributed by atoms with Crippen molar-refractivity contribution in [3.05, 3.63) is 18.5 Å². The summed E-state index contributed by atoms with van der Waals surface area (Å²) in [6.07, 6.45) is 3.12. The number of carboxylic acid groups (broad SMARTS) is 1. The fourth-order valence-electron chi connectivity index (χ4n) is 1.44. The normalized spacial score (nSPS) is 12.7. The quantitative estimate of drug-likeness (QED) is 0.747. The fraction of sp³-hybridized carbons (Fsp3) is 0.615. The first kappa shape index (κ1) is 17.4. The first-order valence-corrected chi connectivity index (χ1v) is 7.71. The Morgan fingerprint density at radius 2 is 2.19 bits per heavy atom. The van der Waals surface area contributed by atoms with Gasteiger partial charge >= 0.3 is 12.1 Å². The lowest BCUT2D eigenvalue weighted by molar-refractivity contribution is -0.139. The van der Waals surface area contributed by atoms with Gasteiger partial charge in [0.15, 0.2) is 0 Å². The van der Waals surface area contributed by atoms with E-state index < -0.39 is 23.7 Å². The van der Waals surface area contributed by atoms with Crippen molar-refractivity contribution < 1.29 is 19.4 Å². The average molecular weight is 315 g/mol. The highest BCUT2D eigenvalue weighted by molar-refractivity contribution is 7.98. The summed E-state index contributed by atoms with van der Waals surface area (Å²) in [6.45, 7) is 5.17. The summed E-state index contributed by atoms with van der Waals surface area (Å²) in [4.78, 5) is 22.7. The van der Waals surface area contributed by atoms with Crippen LogP contribution in [0.3, 0.4) is 0 Å². The number of carboxylic acids is 1. The minimum Gasteiger partial charge on any atom is -0.480 e. The maximum absolute atomic E-state index is 11.6. The van der Waals surface area contributed by atoms with Crippen molar-refractivity contribution in [2.75, 3.05) is 5.75 Å². The molecule has 0 aromatic carbocycles. The molecule has 0 spiro atoms. The molecule has 0 bridgehead atoms. The lowest BCUT2D eigenvalue weighted by Gasteiger charge is -2.21. The number of aromatic nitrogens is 2. The number of nitrogens with zero attached hydrogens (tertiary/aromatic N) is 2. The van der Waals surface area contributed by atoms with Crippen molar-refractivity contribution in [2.45, 2.75) is 44.7 Å². The molecule has 7 nitrogen and oxygen atoms in total. The van der Waals surface area contributed by atoms with Gasteiger partial charge in [-0.1, -0.05) is 0 Å². The lowest BCUT2D eigenvalue weighted by Crippen LogP contribution is -2.43. The van der Waals surface area contributed by atoms with Gasteiger partial charge in [0, 0.05) is 12.4 Å². The smallest absolute Gasteiger partial charge is 0.408 e. The first-order valence-electron chi connectivity index (χ1n) is 6.55. The Kier molecular flexibility index (Phi) is 6.54. The van der Waals surface area contributed by atoms with E-state index in [2.05, 4.69) is 10.4 Å². The van der Waals surface area contributed by atoms with E-state index in [0.29, 0.717) is 18.1 Å². The zero-order chi connectivity index (χ0) is 15.9. The number of nitrogens with one attached hydrogen (secondary N) is 1. The van der Waals surface area contributed by atoms with Crippen LogP contribution in [0.15, 0.2) is 18.5 Å². The van der Waals surface area contributed by atoms with Gasteiger partial charge in [-0.15, -0.1) is 11.8 Å². The van der Waals surface area contributed by atoms with E-state index in [4.69, 9.17) is 9.84 Å². The number of carbonyl (C=O) groups excluding carboxylic acids is 1. The van der Waals surface area contributed by atoms with E-state index in [0.717, 1.165) is 0 Å². The van der Waals surface area contributed by atoms with Crippen LogP contribution in [-0.4, -0.2) is 44.3 Å². The number of alkyl carbamates (subject to hydrolysis) is 1. The van der Waals surface area contributed by atoms with Crippen LogP contribution >= 0.6 is 11.8 Å². The van der Waals surface area contributed by atoms with Gasteiger partial charge in [0.05, 0.1) is 5.88 Å². The molecule has 0 aliphatic carbocycles. The number of amides is 1. The standard InChI is InChI=1S/C13H21N3O4S/c1-13(2,3)20-12(19)15-10(11(17)18)5-8-21-9-16-7-4-6-14-16/h4,6-7,10H,5,8-9H2,1-3H3,(H,15,19)(H,17,18). The molecule has 118 valence electrons. The SMILES string of the molecule is CC(C)(C)OC(=O)NC(CCSCn1cccn1)C(=O)O. The predicted molar refractivity (Wildman–Crippen MR) is 80.1 cm³/mol. The molecule has 0 saturated heterocycles. The number of aliphatic carboxylic acids is 1. The van der Waals surface area contributed by atoms with Crippen LogP contribution in [0.25, 0.3) is 0 Å². The van der Waals surface area contributed by atoms with Crippen LogP contribution in [0.1, 0.15) is 27.2 Å². The van der Waals surface area contributed by atoms with Crippen molar-refractivity contribution in [1.29, 1.82) is 0 Å². The average Bonchev–Trinajstić information content (AvgIpc) is 2.83. The Morgan fingerprint density at radius 1 is 1.48 bits per heavy atom. The Balaban J connectivity index is 2.32. The molecule has 1 aromatic rings. The van der Waals surface area contributed by atoms with E-state index in [1.807, 2.05) is 12.3 Å². The molecule has 1 unspecified atom stereocenters. The van der Waals surface area contributed by atoms with Gasteiger partial charge in [-0.25, -0.2) is 9.59 Å². The summed E-state index contributed by atoms with van der Waals surface area (Å²) in [5.74, 6) is 0.166. The third kappa shape index (κ3) is 7.60. The number of hydrogen-bond donors (Lipinski definition) is 2. The maximum Gasteiger partial charge on any atom is 0.408 e. The molecule has 0 aliphatic rings. The fourth-order valence-corrected chi connectivity index (χ4v) is 2.31. The molecule has 2 N–H and O–H groups in total. The second-order valence-corrected chi connectivity index (χ2v) is 6.48. The van der Waals surface area contributed by atoms with Gasteiger partial charge in [0.25, 0.3) is 0 Å². The Bertz CT molecular complexity index is 456. The number of ether oxygens (including phenoxy) is 1. The minimum atomic E-state index is -1.07. The molecule has 1 rings (SSSR count). The molecule has 1 heterocycles. The minimum absolute atomic E-state index is 0.320. The van der Waals surface area contributed by atoms with Gasteiger partial charge in [0.2, 0.25) is 0 Å². The summed E-state index contributed by atoms with van der Waals surface area (Å²) in [6, 6.07) is 0.870. The van der Waals surface area contributed by atoms with Crippen LogP contribution in [0, 0.1) is 0 Å². The molecule has 1 amide bonds.